The molecule has 1 unspecified atom stereocenters. The molecule has 3 heteroatoms. The van der Waals surface area contributed by atoms with Crippen molar-refractivity contribution in [3.63, 3.8) is 0 Å². The second-order valence-corrected chi connectivity index (χ2v) is 17.4. The van der Waals surface area contributed by atoms with Crippen molar-refractivity contribution in [2.75, 3.05) is 0 Å². The minimum atomic E-state index is 0.104. The van der Waals surface area contributed by atoms with Crippen molar-refractivity contribution in [1.82, 2.24) is 9.97 Å². The molecule has 0 fully saturated rings. The molecule has 1 aromatic heterocycles. The zero-order valence-electron chi connectivity index (χ0n) is 33.2. The van der Waals surface area contributed by atoms with Crippen molar-refractivity contribution in [1.29, 1.82) is 0 Å². The van der Waals surface area contributed by atoms with Crippen molar-refractivity contribution >= 4 is 38.2 Å². The van der Waals surface area contributed by atoms with Crippen molar-refractivity contribution in [2.24, 2.45) is 0 Å². The number of benzene rings is 8. The van der Waals surface area contributed by atoms with Gasteiger partial charge in [0.25, 0.3) is 0 Å². The van der Waals surface area contributed by atoms with Crippen molar-refractivity contribution < 1.29 is 0 Å². The number of hydrogen-bond donors (Lipinski definition) is 0. The summed E-state index contributed by atoms with van der Waals surface area (Å²) in [6, 6.07) is 67.4. The predicted octanol–water partition coefficient (Wildman–Crippen LogP) is 15.5. The molecule has 0 saturated heterocycles. The molecule has 60 heavy (non-hydrogen) atoms. The molecule has 2 aliphatic rings. The summed E-state index contributed by atoms with van der Waals surface area (Å²) in [5, 5.41) is 4.98. The van der Waals surface area contributed by atoms with Gasteiger partial charge in [-0.05, 0) is 91.5 Å². The molecule has 0 spiro atoms. The average Bonchev–Trinajstić information content (AvgIpc) is 3.68. The van der Waals surface area contributed by atoms with Gasteiger partial charge < -0.3 is 0 Å². The number of allylic oxidation sites excluding steroid dienone is 4. The summed E-state index contributed by atoms with van der Waals surface area (Å²) in [6.07, 6.45) is 10.1. The highest BCUT2D eigenvalue weighted by atomic mass is 32.2. The lowest BCUT2D eigenvalue weighted by Gasteiger charge is -2.26. The minimum Gasteiger partial charge on any atom is -0.228 e. The van der Waals surface area contributed by atoms with E-state index in [1.54, 1.807) is 0 Å². The van der Waals surface area contributed by atoms with Crippen LogP contribution in [-0.2, 0) is 0 Å². The lowest BCUT2D eigenvalue weighted by Crippen LogP contribution is -2.19. The maximum Gasteiger partial charge on any atom is 0.161 e. The lowest BCUT2D eigenvalue weighted by molar-refractivity contribution is 0.774. The van der Waals surface area contributed by atoms with Gasteiger partial charge in [-0.3, -0.25) is 0 Å². The third kappa shape index (κ3) is 6.39. The first-order valence-corrected chi connectivity index (χ1v) is 21.4. The normalized spacial score (nSPS) is 15.8. The fourth-order valence-corrected chi connectivity index (χ4v) is 10.3. The third-order valence-corrected chi connectivity index (χ3v) is 13.5. The van der Waals surface area contributed by atoms with Crippen molar-refractivity contribution in [2.45, 2.75) is 18.1 Å². The summed E-state index contributed by atoms with van der Waals surface area (Å²) < 4.78 is 0.104. The molecular formula is C57H40N2S. The van der Waals surface area contributed by atoms with Crippen LogP contribution < -0.4 is 0 Å². The molecule has 0 N–H and O–H groups in total. The molecule has 11 rings (SSSR count). The first-order chi connectivity index (χ1) is 29.6. The summed E-state index contributed by atoms with van der Waals surface area (Å²) in [6.45, 7) is 2.35. The van der Waals surface area contributed by atoms with Gasteiger partial charge in [0.15, 0.2) is 5.82 Å². The van der Waals surface area contributed by atoms with Crippen molar-refractivity contribution in [3.05, 3.63) is 223 Å². The van der Waals surface area contributed by atoms with Crippen LogP contribution in [0.25, 0.3) is 93.7 Å². The lowest BCUT2D eigenvalue weighted by atomic mass is 9.86. The summed E-state index contributed by atoms with van der Waals surface area (Å²) in [7, 11) is 0. The Bertz CT molecular complexity index is 3120. The van der Waals surface area contributed by atoms with Gasteiger partial charge in [0.1, 0.15) is 0 Å². The smallest absolute Gasteiger partial charge is 0.161 e. The summed E-state index contributed by atoms with van der Waals surface area (Å²) >= 11 is 1.97. The Morgan fingerprint density at radius 3 is 1.45 bits per heavy atom. The Labute approximate surface area is 355 Å². The number of hydrogen-bond acceptors (Lipinski definition) is 3. The highest BCUT2D eigenvalue weighted by molar-refractivity contribution is 8.10. The molecule has 8 aromatic carbocycles. The van der Waals surface area contributed by atoms with Crippen LogP contribution in [0, 0.1) is 0 Å². The average molecular weight is 785 g/mol. The summed E-state index contributed by atoms with van der Waals surface area (Å²) in [5.74, 6) is 0.703. The van der Waals surface area contributed by atoms with Gasteiger partial charge in [0.05, 0.1) is 11.4 Å². The molecule has 0 radical (unpaired) electrons. The Morgan fingerprint density at radius 2 is 0.900 bits per heavy atom. The molecule has 284 valence electrons. The van der Waals surface area contributed by atoms with Crippen LogP contribution in [0.4, 0.5) is 0 Å². The van der Waals surface area contributed by atoms with E-state index < -0.39 is 0 Å². The second-order valence-electron chi connectivity index (χ2n) is 15.8. The first kappa shape index (κ1) is 36.0. The SMILES string of the molecule is CC12CC=CC=C1C=C(c1ccc(-c3cc(-c4ccc(-c5c6ccccc6c(-c6ccccc6)c6ccccc56)cc4)nc(-c4ccccc4-c4ccccc4)n3)cc1)S2. The Balaban J connectivity index is 1.03. The molecule has 0 amide bonds. The van der Waals surface area contributed by atoms with Crippen LogP contribution in [0.5, 0.6) is 0 Å². The Morgan fingerprint density at radius 1 is 0.450 bits per heavy atom. The number of thioether (sulfide) groups is 1. The van der Waals surface area contributed by atoms with Crippen LogP contribution in [0.3, 0.4) is 0 Å². The maximum absolute atomic E-state index is 5.33. The van der Waals surface area contributed by atoms with Crippen LogP contribution in [0.1, 0.15) is 18.9 Å². The van der Waals surface area contributed by atoms with E-state index in [0.29, 0.717) is 5.82 Å². The van der Waals surface area contributed by atoms with Gasteiger partial charge in [-0.25, -0.2) is 9.97 Å². The van der Waals surface area contributed by atoms with E-state index >= 15 is 0 Å². The topological polar surface area (TPSA) is 25.8 Å². The molecule has 9 aromatic rings. The van der Waals surface area contributed by atoms with Crippen LogP contribution >= 0.6 is 11.8 Å². The molecule has 2 nitrogen and oxygen atoms in total. The molecule has 2 heterocycles. The summed E-state index contributed by atoms with van der Waals surface area (Å²) in [5.41, 5.74) is 14.6. The molecule has 1 atom stereocenters. The monoisotopic (exact) mass is 784 g/mol. The highest BCUT2D eigenvalue weighted by Crippen LogP contribution is 2.53. The Hall–Kier alpha value is -7.07. The van der Waals surface area contributed by atoms with Gasteiger partial charge >= 0.3 is 0 Å². The van der Waals surface area contributed by atoms with E-state index in [1.165, 1.54) is 59.8 Å². The van der Waals surface area contributed by atoms with E-state index in [-0.39, 0.29) is 4.75 Å². The van der Waals surface area contributed by atoms with E-state index in [0.717, 1.165) is 45.6 Å². The first-order valence-electron chi connectivity index (χ1n) is 20.6. The largest absolute Gasteiger partial charge is 0.228 e. The van der Waals surface area contributed by atoms with E-state index in [4.69, 9.17) is 9.97 Å². The van der Waals surface area contributed by atoms with Gasteiger partial charge in [0, 0.05) is 26.3 Å². The second kappa shape index (κ2) is 14.9. The fraction of sp³-hybridized carbons (Fsp3) is 0.0526. The molecule has 0 bridgehead atoms. The van der Waals surface area contributed by atoms with Crippen LogP contribution in [0.2, 0.25) is 0 Å². The number of fused-ring (bicyclic) bond motifs is 3. The number of nitrogens with zero attached hydrogens (tertiary/aromatic N) is 2. The minimum absolute atomic E-state index is 0.104. The molecule has 0 saturated carbocycles. The van der Waals surface area contributed by atoms with Crippen molar-refractivity contribution in [3.8, 4) is 67.3 Å². The van der Waals surface area contributed by atoms with E-state index in [1.807, 2.05) is 11.8 Å². The number of aromatic nitrogens is 2. The number of rotatable bonds is 7. The molecule has 1 aliphatic heterocycles. The zero-order chi connectivity index (χ0) is 40.0. The maximum atomic E-state index is 5.33. The quantitative estimate of drug-likeness (QED) is 0.151. The Kier molecular flexibility index (Phi) is 8.98. The molecular weight excluding hydrogens is 745 g/mol. The standard InChI is InChI=1S/C57H40N2S/c1-57-35-15-14-20-44(57)36-53(60-57)41-31-27-39(28-32-41)51-37-52(59-56(58-51)50-26-13-8-21-45(50)38-16-4-2-5-17-38)40-29-33-43(34-30-40)55-48-24-11-9-22-46(48)54(42-18-6-3-7-19-42)47-23-10-12-25-49(47)55/h2-34,36-37H,35H2,1H3. The third-order valence-electron chi connectivity index (χ3n) is 12.1. The molecule has 1 aliphatic carbocycles. The van der Waals surface area contributed by atoms with E-state index in [2.05, 4.69) is 219 Å². The predicted molar refractivity (Wildman–Crippen MR) is 255 cm³/mol. The van der Waals surface area contributed by atoms with Gasteiger partial charge in [-0.1, -0.05) is 200 Å². The highest BCUT2D eigenvalue weighted by Gasteiger charge is 2.35. The van der Waals surface area contributed by atoms with Crippen LogP contribution in [0.15, 0.2) is 218 Å². The fourth-order valence-electron chi connectivity index (χ4n) is 8.99. The summed E-state index contributed by atoms with van der Waals surface area (Å²) in [4.78, 5) is 11.9. The van der Waals surface area contributed by atoms with Crippen LogP contribution in [-0.4, -0.2) is 14.7 Å². The zero-order valence-corrected chi connectivity index (χ0v) is 34.0. The van der Waals surface area contributed by atoms with Gasteiger partial charge in [-0.2, -0.15) is 0 Å². The van der Waals surface area contributed by atoms with Gasteiger partial charge in [0.2, 0.25) is 0 Å². The van der Waals surface area contributed by atoms with Gasteiger partial charge in [-0.15, -0.1) is 11.8 Å². The van der Waals surface area contributed by atoms with E-state index in [9.17, 15) is 0 Å².